The molecule has 0 aromatic heterocycles. The first-order valence-corrected chi connectivity index (χ1v) is 14.0. The minimum atomic E-state index is 0. The summed E-state index contributed by atoms with van der Waals surface area (Å²) < 4.78 is 0. The number of fused-ring (bicyclic) bond motifs is 4. The van der Waals surface area contributed by atoms with Gasteiger partial charge in [-0.2, -0.15) is 0 Å². The second-order valence-corrected chi connectivity index (χ2v) is 10.4. The Morgan fingerprint density at radius 3 is 0.955 bits per heavy atom. The molecule has 0 amide bonds. The molecule has 8 rings (SSSR count). The van der Waals surface area contributed by atoms with Crippen LogP contribution in [-0.4, -0.2) is 0 Å². The number of benzene rings is 8. The zero-order chi connectivity index (χ0) is 28.5. The van der Waals surface area contributed by atoms with Crippen molar-refractivity contribution in [1.29, 1.82) is 0 Å². The number of hydrogen-bond acceptors (Lipinski definition) is 2. The van der Waals surface area contributed by atoms with E-state index in [-0.39, 0.29) is 49.2 Å². The molecule has 0 radical (unpaired) electrons. The summed E-state index contributed by atoms with van der Waals surface area (Å²) in [5.74, 6) is 0.148. The van der Waals surface area contributed by atoms with Crippen LogP contribution in [0.1, 0.15) is 0 Å². The summed E-state index contributed by atoms with van der Waals surface area (Å²) in [6.07, 6.45) is 0. The van der Waals surface area contributed by atoms with Gasteiger partial charge in [-0.15, -0.1) is 11.5 Å². The van der Waals surface area contributed by atoms with Crippen LogP contribution in [0.5, 0.6) is 11.5 Å². The van der Waals surface area contributed by atoms with Crippen LogP contribution >= 0.6 is 0 Å². The minimum Gasteiger partial charge on any atom is -0.872 e. The molecule has 0 aliphatic carbocycles. The molecule has 4 heteroatoms. The Morgan fingerprint density at radius 2 is 0.568 bits per heavy atom. The molecule has 0 saturated carbocycles. The van der Waals surface area contributed by atoms with Crippen LogP contribution in [0.4, 0.5) is 0 Å². The predicted octanol–water partition coefficient (Wildman–Crippen LogP) is 3.48. The van der Waals surface area contributed by atoms with E-state index in [0.29, 0.717) is 0 Å². The van der Waals surface area contributed by atoms with Gasteiger partial charge in [0.25, 0.3) is 0 Å². The van der Waals surface area contributed by atoms with Gasteiger partial charge >= 0.3 is 37.7 Å². The van der Waals surface area contributed by atoms with Gasteiger partial charge in [0.1, 0.15) is 0 Å². The fourth-order valence-electron chi connectivity index (χ4n) is 5.95. The van der Waals surface area contributed by atoms with Crippen molar-refractivity contribution >= 4 is 43.1 Å². The SMILES string of the molecule is [Li+].[Li+].[O-]c1ccc2ccccc2c1-c1cccc2ccccc12.[O-]c1ccc2ccccc2c1-c1cccc2ccccc12. The van der Waals surface area contributed by atoms with Crippen LogP contribution in [0.25, 0.3) is 65.3 Å². The first-order valence-electron chi connectivity index (χ1n) is 14.0. The second-order valence-electron chi connectivity index (χ2n) is 10.4. The van der Waals surface area contributed by atoms with Crippen molar-refractivity contribution < 1.29 is 47.9 Å². The Kier molecular flexibility index (Phi) is 9.51. The van der Waals surface area contributed by atoms with Gasteiger partial charge in [0.2, 0.25) is 0 Å². The smallest absolute Gasteiger partial charge is 0.872 e. The molecule has 0 aliphatic rings. The molecule has 8 aromatic rings. The van der Waals surface area contributed by atoms with E-state index >= 15 is 0 Å². The topological polar surface area (TPSA) is 46.1 Å². The van der Waals surface area contributed by atoms with Gasteiger partial charge in [0, 0.05) is 0 Å². The summed E-state index contributed by atoms with van der Waals surface area (Å²) in [6.45, 7) is 0. The maximum atomic E-state index is 12.5. The van der Waals surface area contributed by atoms with E-state index < -0.39 is 0 Å². The normalized spacial score (nSPS) is 10.5. The third-order valence-electron chi connectivity index (χ3n) is 7.90. The van der Waals surface area contributed by atoms with E-state index in [4.69, 9.17) is 0 Å². The molecule has 8 aromatic carbocycles. The zero-order valence-electron chi connectivity index (χ0n) is 24.8. The monoisotopic (exact) mass is 552 g/mol. The molecule has 0 saturated heterocycles. The van der Waals surface area contributed by atoms with Gasteiger partial charge < -0.3 is 10.2 Å². The first-order chi connectivity index (χ1) is 20.7. The minimum absolute atomic E-state index is 0. The summed E-state index contributed by atoms with van der Waals surface area (Å²) in [5, 5.41) is 33.7. The van der Waals surface area contributed by atoms with Gasteiger partial charge in [-0.3, -0.25) is 0 Å². The molecule has 0 fully saturated rings. The van der Waals surface area contributed by atoms with Crippen molar-refractivity contribution in [2.24, 2.45) is 0 Å². The van der Waals surface area contributed by atoms with Crippen molar-refractivity contribution in [3.05, 3.63) is 158 Å². The maximum absolute atomic E-state index is 12.5. The van der Waals surface area contributed by atoms with Gasteiger partial charge in [0.15, 0.2) is 0 Å². The van der Waals surface area contributed by atoms with Crippen molar-refractivity contribution in [3.8, 4) is 33.8 Å². The average Bonchev–Trinajstić information content (AvgIpc) is 3.05. The molecule has 2 nitrogen and oxygen atoms in total. The average molecular weight is 553 g/mol. The van der Waals surface area contributed by atoms with Gasteiger partial charge in [-0.25, -0.2) is 0 Å². The molecule has 0 unspecified atom stereocenters. The molecular formula is C40H26Li2O2. The molecular weight excluding hydrogens is 526 g/mol. The molecule has 44 heavy (non-hydrogen) atoms. The summed E-state index contributed by atoms with van der Waals surface area (Å²) in [6, 6.07) is 51.8. The van der Waals surface area contributed by atoms with Gasteiger partial charge in [-0.05, 0) is 65.3 Å². The molecule has 0 bridgehead atoms. The molecule has 0 spiro atoms. The van der Waals surface area contributed by atoms with E-state index in [1.54, 1.807) is 12.1 Å². The summed E-state index contributed by atoms with van der Waals surface area (Å²) in [5.41, 5.74) is 3.61. The number of hydrogen-bond donors (Lipinski definition) is 0. The number of rotatable bonds is 2. The van der Waals surface area contributed by atoms with E-state index in [2.05, 4.69) is 36.4 Å². The van der Waals surface area contributed by atoms with Gasteiger partial charge in [0.05, 0.1) is 0 Å². The Bertz CT molecular complexity index is 2070. The van der Waals surface area contributed by atoms with Crippen LogP contribution in [0.2, 0.25) is 0 Å². The Morgan fingerprint density at radius 1 is 0.273 bits per heavy atom. The quantitative estimate of drug-likeness (QED) is 0.309. The van der Waals surface area contributed by atoms with E-state index in [1.807, 2.05) is 109 Å². The molecule has 0 atom stereocenters. The van der Waals surface area contributed by atoms with Crippen LogP contribution in [0, 0.1) is 0 Å². The van der Waals surface area contributed by atoms with Crippen molar-refractivity contribution in [2.45, 2.75) is 0 Å². The van der Waals surface area contributed by atoms with Gasteiger partial charge in [-0.1, -0.05) is 158 Å². The van der Waals surface area contributed by atoms with Crippen molar-refractivity contribution in [3.63, 3.8) is 0 Å². The molecule has 0 aliphatic heterocycles. The standard InChI is InChI=1S/2C20H14O.2Li/c2*21-19-13-12-15-7-2-4-10-17(15)20(19)18-11-5-8-14-6-1-3-9-16(14)18;;/h2*1-13,21H;;/q;;2*+1/p-2. The zero-order valence-corrected chi connectivity index (χ0v) is 24.8. The molecule has 200 valence electrons. The van der Waals surface area contributed by atoms with Crippen molar-refractivity contribution in [2.75, 3.05) is 0 Å². The second kappa shape index (κ2) is 13.5. The van der Waals surface area contributed by atoms with E-state index in [9.17, 15) is 10.2 Å². The van der Waals surface area contributed by atoms with Crippen LogP contribution < -0.4 is 47.9 Å². The summed E-state index contributed by atoms with van der Waals surface area (Å²) in [7, 11) is 0. The largest absolute Gasteiger partial charge is 1.00 e. The van der Waals surface area contributed by atoms with Crippen LogP contribution in [-0.2, 0) is 0 Å². The van der Waals surface area contributed by atoms with E-state index in [1.165, 1.54) is 0 Å². The summed E-state index contributed by atoms with van der Waals surface area (Å²) >= 11 is 0. The van der Waals surface area contributed by atoms with E-state index in [0.717, 1.165) is 65.3 Å². The van der Waals surface area contributed by atoms with Crippen molar-refractivity contribution in [1.82, 2.24) is 0 Å². The first kappa shape index (κ1) is 31.0. The predicted molar refractivity (Wildman–Crippen MR) is 173 cm³/mol. The maximum Gasteiger partial charge on any atom is 1.00 e. The van der Waals surface area contributed by atoms with Crippen LogP contribution in [0.15, 0.2) is 158 Å². The molecule has 0 N–H and O–H groups in total. The Labute approximate surface area is 281 Å². The Balaban J connectivity index is 0.000000167. The van der Waals surface area contributed by atoms with Crippen LogP contribution in [0.3, 0.4) is 0 Å². The fraction of sp³-hybridized carbons (Fsp3) is 0. The third-order valence-corrected chi connectivity index (χ3v) is 7.90. The Hall–Kier alpha value is -4.41. The third kappa shape index (κ3) is 5.75. The fourth-order valence-corrected chi connectivity index (χ4v) is 5.95. The molecule has 0 heterocycles. The summed E-state index contributed by atoms with van der Waals surface area (Å²) in [4.78, 5) is 0.